The number of rotatable bonds is 2. The molecule has 1 aliphatic heterocycles. The summed E-state index contributed by atoms with van der Waals surface area (Å²) in [6, 6.07) is -1.10. The molecule has 27 heavy (non-hydrogen) atoms. The van der Waals surface area contributed by atoms with Crippen LogP contribution in [0.2, 0.25) is 0 Å². The standard InChI is InChI=1S/C8H15NO6.C6H6Cl6/c1-3(11)9-5-7(13)6(12)4(2-10)15-8(5)14;7-1-2(8)4(10)6(12)5(11)3(1)9/h4-8,10,12-14H,2H2,1H3,(H,9,11);1-6H/t4-,5-,6-,7-,8-;1-,2-,3-,4+,5+,6+/m1./s1. The van der Waals surface area contributed by atoms with Gasteiger partial charge in [0.2, 0.25) is 5.91 Å². The first-order valence-corrected chi connectivity index (χ1v) is 10.5. The second kappa shape index (κ2) is 11.4. The van der Waals surface area contributed by atoms with E-state index >= 15 is 0 Å². The van der Waals surface area contributed by atoms with Gasteiger partial charge in [0, 0.05) is 6.92 Å². The fourth-order valence-corrected chi connectivity index (χ4v) is 4.87. The van der Waals surface area contributed by atoms with E-state index < -0.39 is 75.4 Å². The number of hydrogen-bond acceptors (Lipinski definition) is 6. The van der Waals surface area contributed by atoms with Gasteiger partial charge in [0.05, 0.1) is 38.9 Å². The molecule has 1 saturated carbocycles. The molecule has 0 bridgehead atoms. The van der Waals surface area contributed by atoms with Gasteiger partial charge in [-0.2, -0.15) is 0 Å². The van der Waals surface area contributed by atoms with Crippen LogP contribution in [0.25, 0.3) is 0 Å². The van der Waals surface area contributed by atoms with Gasteiger partial charge in [-0.3, -0.25) is 4.79 Å². The van der Waals surface area contributed by atoms with Crippen molar-refractivity contribution in [3.8, 4) is 0 Å². The van der Waals surface area contributed by atoms with Crippen LogP contribution in [-0.2, 0) is 9.53 Å². The Morgan fingerprint density at radius 1 is 0.852 bits per heavy atom. The number of hydrogen-bond donors (Lipinski definition) is 5. The fourth-order valence-electron chi connectivity index (χ4n) is 2.54. The maximum atomic E-state index is 10.7. The van der Waals surface area contributed by atoms with Crippen molar-refractivity contribution in [1.82, 2.24) is 5.32 Å². The van der Waals surface area contributed by atoms with Crippen LogP contribution >= 0.6 is 69.6 Å². The first kappa shape index (κ1) is 26.0. The average molecular weight is 512 g/mol. The first-order valence-electron chi connectivity index (χ1n) is 7.86. The average Bonchev–Trinajstić information content (AvgIpc) is 2.63. The SMILES string of the molecule is CC(=O)N[C@@H]1[C@@H](O)[C@H](O)[C@@H](CO)O[C@H]1O.Cl[C@H]1[C@H](Cl)[C@@H](Cl)[C@@H](Cl)[C@H](Cl)[C@H]1Cl. The number of amides is 1. The third-order valence-electron chi connectivity index (χ3n) is 4.10. The van der Waals surface area contributed by atoms with E-state index in [1.807, 2.05) is 0 Å². The van der Waals surface area contributed by atoms with E-state index in [4.69, 9.17) is 79.4 Å². The molecule has 1 heterocycles. The molecule has 0 spiro atoms. The zero-order valence-corrected chi connectivity index (χ0v) is 18.5. The molecular weight excluding hydrogens is 491 g/mol. The zero-order valence-electron chi connectivity index (χ0n) is 13.9. The summed E-state index contributed by atoms with van der Waals surface area (Å²) in [7, 11) is 0. The molecule has 5 N–H and O–H groups in total. The van der Waals surface area contributed by atoms with Crippen LogP contribution in [0.15, 0.2) is 0 Å². The summed E-state index contributed by atoms with van der Waals surface area (Å²) >= 11 is 35.3. The quantitative estimate of drug-likeness (QED) is 0.346. The molecule has 13 heteroatoms. The molecule has 0 radical (unpaired) electrons. The summed E-state index contributed by atoms with van der Waals surface area (Å²) in [6.07, 6.45) is -5.24. The van der Waals surface area contributed by atoms with Gasteiger partial charge >= 0.3 is 0 Å². The van der Waals surface area contributed by atoms with Gasteiger partial charge in [-0.1, -0.05) is 0 Å². The maximum absolute atomic E-state index is 10.7. The molecule has 1 aliphatic carbocycles. The van der Waals surface area contributed by atoms with Crippen molar-refractivity contribution in [2.75, 3.05) is 6.61 Å². The van der Waals surface area contributed by atoms with Crippen LogP contribution in [0.5, 0.6) is 0 Å². The lowest BCUT2D eigenvalue weighted by molar-refractivity contribution is -0.253. The van der Waals surface area contributed by atoms with Gasteiger partial charge < -0.3 is 30.5 Å². The Hall–Kier alpha value is 1.01. The molecule has 2 fully saturated rings. The Morgan fingerprint density at radius 3 is 1.52 bits per heavy atom. The normalized spacial score (nSPS) is 47.6. The van der Waals surface area contributed by atoms with Crippen LogP contribution in [0.3, 0.4) is 0 Å². The van der Waals surface area contributed by atoms with Gasteiger partial charge in [0.25, 0.3) is 0 Å². The summed E-state index contributed by atoms with van der Waals surface area (Å²) in [5, 5.41) is 36.8. The number of alkyl halides is 6. The Labute approximate surface area is 186 Å². The van der Waals surface area contributed by atoms with Gasteiger partial charge in [-0.15, -0.1) is 69.6 Å². The predicted molar refractivity (Wildman–Crippen MR) is 105 cm³/mol. The summed E-state index contributed by atoms with van der Waals surface area (Å²) in [6.45, 7) is 0.687. The largest absolute Gasteiger partial charge is 0.394 e. The highest BCUT2D eigenvalue weighted by Gasteiger charge is 2.47. The predicted octanol–water partition coefficient (Wildman–Crippen LogP) is 0.567. The second-order valence-corrected chi connectivity index (χ2v) is 9.15. The van der Waals surface area contributed by atoms with Crippen LogP contribution in [-0.4, -0.2) is 95.8 Å². The fraction of sp³-hybridized carbons (Fsp3) is 0.929. The van der Waals surface area contributed by atoms with Crippen molar-refractivity contribution < 1.29 is 30.0 Å². The summed E-state index contributed by atoms with van der Waals surface area (Å²) in [5.74, 6) is -0.462. The minimum absolute atomic E-state index is 0.437. The highest BCUT2D eigenvalue weighted by atomic mass is 35.5. The molecule has 1 saturated heterocycles. The highest BCUT2D eigenvalue weighted by Crippen LogP contribution is 2.39. The molecule has 2 rings (SSSR count). The third kappa shape index (κ3) is 6.49. The van der Waals surface area contributed by atoms with E-state index in [0.717, 1.165) is 0 Å². The van der Waals surface area contributed by atoms with Crippen molar-refractivity contribution in [2.24, 2.45) is 0 Å². The van der Waals surface area contributed by atoms with Crippen molar-refractivity contribution in [2.45, 2.75) is 69.8 Å². The maximum Gasteiger partial charge on any atom is 0.217 e. The molecule has 0 aromatic rings. The molecule has 2 aliphatic rings. The van der Waals surface area contributed by atoms with Crippen LogP contribution in [0, 0.1) is 0 Å². The van der Waals surface area contributed by atoms with Crippen molar-refractivity contribution in [3.05, 3.63) is 0 Å². The minimum atomic E-state index is -1.45. The van der Waals surface area contributed by atoms with Gasteiger partial charge in [0.15, 0.2) is 6.29 Å². The third-order valence-corrected chi connectivity index (χ3v) is 8.13. The minimum Gasteiger partial charge on any atom is -0.394 e. The Balaban J connectivity index is 0.000000277. The molecule has 0 aromatic carbocycles. The van der Waals surface area contributed by atoms with Crippen LogP contribution < -0.4 is 5.32 Å². The number of ether oxygens (including phenoxy) is 1. The molecule has 160 valence electrons. The Kier molecular flexibility index (Phi) is 11.0. The highest BCUT2D eigenvalue weighted by molar-refractivity contribution is 6.45. The van der Waals surface area contributed by atoms with E-state index in [-0.39, 0.29) is 0 Å². The van der Waals surface area contributed by atoms with Crippen molar-refractivity contribution in [3.63, 3.8) is 0 Å². The number of halogens is 6. The van der Waals surface area contributed by atoms with Crippen LogP contribution in [0.1, 0.15) is 6.92 Å². The number of carbonyl (C=O) groups excluding carboxylic acids is 1. The van der Waals surface area contributed by atoms with Gasteiger partial charge in [-0.25, -0.2) is 0 Å². The lowest BCUT2D eigenvalue weighted by Gasteiger charge is -2.40. The molecule has 1 amide bonds. The molecule has 0 unspecified atom stereocenters. The van der Waals surface area contributed by atoms with E-state index in [9.17, 15) is 20.1 Å². The Bertz CT molecular complexity index is 434. The van der Waals surface area contributed by atoms with Crippen LogP contribution in [0.4, 0.5) is 0 Å². The summed E-state index contributed by atoms with van der Waals surface area (Å²) < 4.78 is 4.81. The molecule has 7 nitrogen and oxygen atoms in total. The molecule has 5 atom stereocenters. The zero-order chi connectivity index (χ0) is 21.0. The van der Waals surface area contributed by atoms with E-state index in [0.29, 0.717) is 0 Å². The van der Waals surface area contributed by atoms with E-state index in [1.54, 1.807) is 0 Å². The molecular formula is C14H21Cl6NO6. The number of aliphatic hydroxyl groups excluding tert-OH is 4. The van der Waals surface area contributed by atoms with Crippen molar-refractivity contribution in [1.29, 1.82) is 0 Å². The Morgan fingerprint density at radius 2 is 1.22 bits per heavy atom. The van der Waals surface area contributed by atoms with E-state index in [2.05, 4.69) is 5.32 Å². The van der Waals surface area contributed by atoms with Crippen molar-refractivity contribution >= 4 is 75.5 Å². The van der Waals surface area contributed by atoms with Gasteiger partial charge in [0.1, 0.15) is 24.4 Å². The lowest BCUT2D eigenvalue weighted by Crippen LogP contribution is -2.63. The monoisotopic (exact) mass is 509 g/mol. The smallest absolute Gasteiger partial charge is 0.217 e. The lowest BCUT2D eigenvalue weighted by atomic mass is 9.97. The summed E-state index contributed by atoms with van der Waals surface area (Å²) in [4.78, 5) is 10.7. The van der Waals surface area contributed by atoms with Gasteiger partial charge in [-0.05, 0) is 0 Å². The number of carbonyl (C=O) groups is 1. The topological polar surface area (TPSA) is 119 Å². The van der Waals surface area contributed by atoms with E-state index in [1.165, 1.54) is 6.92 Å². The first-order chi connectivity index (χ1) is 12.4. The number of aliphatic hydroxyl groups is 4. The second-order valence-electron chi connectivity index (χ2n) is 6.12. The molecule has 0 aromatic heterocycles. The summed E-state index contributed by atoms with van der Waals surface area (Å²) in [5.41, 5.74) is 0. The number of nitrogens with one attached hydrogen (secondary N) is 1.